The number of imidazole rings is 1. The van der Waals surface area contributed by atoms with Crippen LogP contribution in [-0.2, 0) is 13.0 Å². The van der Waals surface area contributed by atoms with E-state index < -0.39 is 0 Å². The molecule has 1 saturated heterocycles. The predicted molar refractivity (Wildman–Crippen MR) is 89.2 cm³/mol. The second kappa shape index (κ2) is 7.09. The summed E-state index contributed by atoms with van der Waals surface area (Å²) < 4.78 is 1.91. The lowest BCUT2D eigenvalue weighted by atomic mass is 9.98. The van der Waals surface area contributed by atoms with E-state index in [0.29, 0.717) is 5.92 Å². The minimum Gasteiger partial charge on any atom is -0.317 e. The Hall–Kier alpha value is -1.62. The lowest BCUT2D eigenvalue weighted by Gasteiger charge is -2.22. The summed E-state index contributed by atoms with van der Waals surface area (Å²) in [5.41, 5.74) is 3.01. The zero-order valence-electron chi connectivity index (χ0n) is 13.4. The van der Waals surface area contributed by atoms with Crippen molar-refractivity contribution in [3.8, 4) is 0 Å². The zero-order chi connectivity index (χ0) is 15.4. The minimum atomic E-state index is 0.0123. The number of nitrogens with zero attached hydrogens (tertiary/aromatic N) is 2. The second-order valence-electron chi connectivity index (χ2n) is 6.34. The van der Waals surface area contributed by atoms with Gasteiger partial charge in [-0.1, -0.05) is 19.8 Å². The van der Waals surface area contributed by atoms with Gasteiger partial charge in [0.25, 0.3) is 0 Å². The third kappa shape index (κ3) is 3.24. The van der Waals surface area contributed by atoms with Crippen LogP contribution in [0.5, 0.6) is 0 Å². The number of nitrogens with one attached hydrogen (secondary N) is 2. The summed E-state index contributed by atoms with van der Waals surface area (Å²) in [6.45, 7) is 5.14. The Balaban J connectivity index is 1.85. The van der Waals surface area contributed by atoms with Crippen LogP contribution in [0.4, 0.5) is 0 Å². The van der Waals surface area contributed by atoms with E-state index in [0.717, 1.165) is 62.0 Å². The number of unbranched alkanes of at least 4 members (excludes halogenated alkanes) is 2. The molecule has 3 heterocycles. The summed E-state index contributed by atoms with van der Waals surface area (Å²) >= 11 is 0. The first kappa shape index (κ1) is 15.3. The van der Waals surface area contributed by atoms with E-state index in [1.54, 1.807) is 0 Å². The van der Waals surface area contributed by atoms with Crippen molar-refractivity contribution in [1.29, 1.82) is 0 Å². The van der Waals surface area contributed by atoms with Crippen molar-refractivity contribution in [2.24, 2.45) is 5.92 Å². The molecule has 22 heavy (non-hydrogen) atoms. The molecule has 0 aromatic carbocycles. The van der Waals surface area contributed by atoms with E-state index in [9.17, 15) is 4.79 Å². The third-order valence-electron chi connectivity index (χ3n) is 4.69. The number of hydrogen-bond acceptors (Lipinski definition) is 3. The quantitative estimate of drug-likeness (QED) is 0.806. The van der Waals surface area contributed by atoms with Gasteiger partial charge >= 0.3 is 5.69 Å². The Bertz CT molecular complexity index is 667. The van der Waals surface area contributed by atoms with E-state index in [1.807, 2.05) is 16.8 Å². The van der Waals surface area contributed by atoms with Crippen LogP contribution in [0.1, 0.15) is 44.7 Å². The molecule has 120 valence electrons. The highest BCUT2D eigenvalue weighted by atomic mass is 16.1. The summed E-state index contributed by atoms with van der Waals surface area (Å²) in [4.78, 5) is 19.9. The lowest BCUT2D eigenvalue weighted by Crippen LogP contribution is -2.31. The van der Waals surface area contributed by atoms with Crippen molar-refractivity contribution in [1.82, 2.24) is 19.9 Å². The Morgan fingerprint density at radius 2 is 2.14 bits per heavy atom. The molecule has 1 fully saturated rings. The highest BCUT2D eigenvalue weighted by Crippen LogP contribution is 2.19. The van der Waals surface area contributed by atoms with Gasteiger partial charge in [0.1, 0.15) is 0 Å². The number of piperidine rings is 1. The smallest absolute Gasteiger partial charge is 0.317 e. The molecular formula is C17H26N4O. The molecule has 1 aliphatic rings. The number of aromatic amines is 1. The van der Waals surface area contributed by atoms with Crippen LogP contribution in [0.25, 0.3) is 11.0 Å². The van der Waals surface area contributed by atoms with Crippen molar-refractivity contribution in [2.45, 2.75) is 52.0 Å². The average molecular weight is 302 g/mol. The number of fused-ring (bicyclic) bond motifs is 1. The Morgan fingerprint density at radius 3 is 2.91 bits per heavy atom. The van der Waals surface area contributed by atoms with Crippen LogP contribution in [0.2, 0.25) is 0 Å². The molecule has 0 unspecified atom stereocenters. The molecule has 0 amide bonds. The average Bonchev–Trinajstić information content (AvgIpc) is 2.86. The first-order valence-electron chi connectivity index (χ1n) is 8.56. The van der Waals surface area contributed by atoms with E-state index in [4.69, 9.17) is 0 Å². The first-order valence-corrected chi connectivity index (χ1v) is 8.56. The van der Waals surface area contributed by atoms with Crippen LogP contribution < -0.4 is 11.0 Å². The van der Waals surface area contributed by atoms with Crippen molar-refractivity contribution in [3.05, 3.63) is 28.4 Å². The maximum Gasteiger partial charge on any atom is 0.326 e. The molecule has 2 aromatic rings. The van der Waals surface area contributed by atoms with Crippen molar-refractivity contribution in [2.75, 3.05) is 13.1 Å². The van der Waals surface area contributed by atoms with Crippen LogP contribution in [0, 0.1) is 5.92 Å². The van der Waals surface area contributed by atoms with Gasteiger partial charge in [0.15, 0.2) is 0 Å². The van der Waals surface area contributed by atoms with Gasteiger partial charge in [-0.05, 0) is 50.8 Å². The summed E-state index contributed by atoms with van der Waals surface area (Å²) in [5.74, 6) is 0.592. The molecule has 1 aliphatic heterocycles. The van der Waals surface area contributed by atoms with Crippen molar-refractivity contribution < 1.29 is 0 Å². The van der Waals surface area contributed by atoms with E-state index in [-0.39, 0.29) is 5.69 Å². The molecule has 0 atom stereocenters. The number of hydrogen-bond donors (Lipinski definition) is 2. The number of aryl methyl sites for hydroxylation is 1. The van der Waals surface area contributed by atoms with Gasteiger partial charge in [-0.25, -0.2) is 4.79 Å². The Labute approximate surface area is 131 Å². The van der Waals surface area contributed by atoms with Gasteiger partial charge in [-0.15, -0.1) is 0 Å². The molecule has 0 radical (unpaired) electrons. The van der Waals surface area contributed by atoms with Gasteiger partial charge < -0.3 is 10.3 Å². The molecule has 5 heteroatoms. The van der Waals surface area contributed by atoms with Gasteiger partial charge in [0.2, 0.25) is 0 Å². The molecule has 0 aliphatic carbocycles. The van der Waals surface area contributed by atoms with E-state index in [2.05, 4.69) is 22.2 Å². The highest BCUT2D eigenvalue weighted by Gasteiger charge is 2.17. The van der Waals surface area contributed by atoms with Gasteiger partial charge in [0, 0.05) is 12.7 Å². The number of H-pyrrole nitrogens is 1. The maximum atomic E-state index is 12.4. The summed E-state index contributed by atoms with van der Waals surface area (Å²) in [6.07, 6.45) is 8.61. The SMILES string of the molecule is CCCCCc1nccc2c1[nH]c(=O)n2CC1CCNCC1. The molecule has 0 bridgehead atoms. The van der Waals surface area contributed by atoms with Gasteiger partial charge in [0.05, 0.1) is 16.7 Å². The number of pyridine rings is 1. The zero-order valence-corrected chi connectivity index (χ0v) is 13.4. The summed E-state index contributed by atoms with van der Waals surface area (Å²) in [5, 5.41) is 3.38. The standard InChI is InChI=1S/C17H26N4O/c1-2-3-4-5-14-16-15(8-11-19-14)21(17(22)20-16)12-13-6-9-18-10-7-13/h8,11,13,18H,2-7,9-10,12H2,1H3,(H,20,22). The Kier molecular flexibility index (Phi) is 4.93. The van der Waals surface area contributed by atoms with Crippen LogP contribution in [-0.4, -0.2) is 27.6 Å². The maximum absolute atomic E-state index is 12.4. The minimum absolute atomic E-state index is 0.0123. The number of aromatic nitrogens is 3. The second-order valence-corrected chi connectivity index (χ2v) is 6.34. The summed E-state index contributed by atoms with van der Waals surface area (Å²) in [7, 11) is 0. The lowest BCUT2D eigenvalue weighted by molar-refractivity contribution is 0.333. The third-order valence-corrected chi connectivity index (χ3v) is 4.69. The largest absolute Gasteiger partial charge is 0.326 e. The normalized spacial score (nSPS) is 16.4. The summed E-state index contributed by atoms with van der Waals surface area (Å²) in [6, 6.07) is 1.97. The molecule has 2 N–H and O–H groups in total. The van der Waals surface area contributed by atoms with Crippen LogP contribution in [0.15, 0.2) is 17.1 Å². The van der Waals surface area contributed by atoms with Crippen LogP contribution in [0.3, 0.4) is 0 Å². The molecular weight excluding hydrogens is 276 g/mol. The molecule has 0 saturated carbocycles. The number of rotatable bonds is 6. The van der Waals surface area contributed by atoms with E-state index >= 15 is 0 Å². The highest BCUT2D eigenvalue weighted by molar-refractivity contribution is 5.77. The first-order chi connectivity index (χ1) is 10.8. The molecule has 2 aromatic heterocycles. The molecule has 5 nitrogen and oxygen atoms in total. The molecule has 3 rings (SSSR count). The Morgan fingerprint density at radius 1 is 1.32 bits per heavy atom. The van der Waals surface area contributed by atoms with Crippen molar-refractivity contribution in [3.63, 3.8) is 0 Å². The van der Waals surface area contributed by atoms with Crippen molar-refractivity contribution >= 4 is 11.0 Å². The van der Waals surface area contributed by atoms with Gasteiger partial charge in [-0.2, -0.15) is 0 Å². The molecule has 0 spiro atoms. The fourth-order valence-corrected chi connectivity index (χ4v) is 3.37. The fraction of sp³-hybridized carbons (Fsp3) is 0.647. The topological polar surface area (TPSA) is 62.7 Å². The fourth-order valence-electron chi connectivity index (χ4n) is 3.37. The van der Waals surface area contributed by atoms with Crippen LogP contribution >= 0.6 is 0 Å². The predicted octanol–water partition coefficient (Wildman–Crippen LogP) is 2.46. The van der Waals surface area contributed by atoms with Gasteiger partial charge in [-0.3, -0.25) is 9.55 Å². The monoisotopic (exact) mass is 302 g/mol. The van der Waals surface area contributed by atoms with E-state index in [1.165, 1.54) is 12.8 Å².